The summed E-state index contributed by atoms with van der Waals surface area (Å²) in [5.41, 5.74) is 2.11. The fourth-order valence-electron chi connectivity index (χ4n) is 2.46. The number of rotatable bonds is 9. The van der Waals surface area contributed by atoms with Gasteiger partial charge in [0.05, 0.1) is 7.11 Å². The highest BCUT2D eigenvalue weighted by Gasteiger charge is 2.07. The van der Waals surface area contributed by atoms with Crippen molar-refractivity contribution >= 4 is 0 Å². The lowest BCUT2D eigenvalue weighted by Crippen LogP contribution is -2.17. The number of aromatic nitrogens is 3. The number of pyridine rings is 1. The summed E-state index contributed by atoms with van der Waals surface area (Å²) in [6.07, 6.45) is 4.23. The van der Waals surface area contributed by atoms with Crippen molar-refractivity contribution < 1.29 is 14.0 Å². The molecule has 0 bridgehead atoms. The van der Waals surface area contributed by atoms with E-state index in [0.717, 1.165) is 17.7 Å². The van der Waals surface area contributed by atoms with Crippen LogP contribution >= 0.6 is 0 Å². The molecular weight excluding hydrogens is 332 g/mol. The van der Waals surface area contributed by atoms with Crippen molar-refractivity contribution in [3.63, 3.8) is 0 Å². The molecule has 7 heteroatoms. The van der Waals surface area contributed by atoms with Gasteiger partial charge in [0.25, 0.3) is 0 Å². The average Bonchev–Trinajstić information content (AvgIpc) is 3.09. The van der Waals surface area contributed by atoms with E-state index in [2.05, 4.69) is 20.4 Å². The molecule has 0 unspecified atom stereocenters. The first kappa shape index (κ1) is 17.9. The van der Waals surface area contributed by atoms with Gasteiger partial charge >= 0.3 is 0 Å². The minimum Gasteiger partial charge on any atom is -0.493 e. The summed E-state index contributed by atoms with van der Waals surface area (Å²) in [6.45, 7) is 3.71. The summed E-state index contributed by atoms with van der Waals surface area (Å²) >= 11 is 0. The number of methoxy groups -OCH3 is 1. The predicted octanol–water partition coefficient (Wildman–Crippen LogP) is 2.69. The lowest BCUT2D eigenvalue weighted by molar-refractivity contribution is 0.283. The molecule has 0 aliphatic heterocycles. The lowest BCUT2D eigenvalue weighted by Gasteiger charge is -2.12. The molecule has 0 spiro atoms. The Balaban J connectivity index is 1.54. The third-order valence-electron chi connectivity index (χ3n) is 3.76. The van der Waals surface area contributed by atoms with Crippen molar-refractivity contribution in [2.24, 2.45) is 0 Å². The summed E-state index contributed by atoms with van der Waals surface area (Å²) < 4.78 is 16.4. The van der Waals surface area contributed by atoms with Crippen molar-refractivity contribution in [3.05, 3.63) is 65.6 Å². The van der Waals surface area contributed by atoms with Gasteiger partial charge in [-0.3, -0.25) is 4.98 Å². The van der Waals surface area contributed by atoms with Crippen molar-refractivity contribution in [2.75, 3.05) is 13.7 Å². The SMILES string of the molecule is COc1ccc(CNCCc2nc(C)no2)cc1OCc1cccnc1. The van der Waals surface area contributed by atoms with Crippen molar-refractivity contribution in [1.82, 2.24) is 20.4 Å². The Hall–Kier alpha value is -2.93. The summed E-state index contributed by atoms with van der Waals surface area (Å²) in [4.78, 5) is 8.28. The van der Waals surface area contributed by atoms with Gasteiger partial charge in [0.1, 0.15) is 6.61 Å². The van der Waals surface area contributed by atoms with E-state index in [1.54, 1.807) is 19.5 Å². The minimum absolute atomic E-state index is 0.442. The Morgan fingerprint density at radius 2 is 2.08 bits per heavy atom. The molecule has 0 aliphatic carbocycles. The van der Waals surface area contributed by atoms with Gasteiger partial charge in [-0.1, -0.05) is 17.3 Å². The second-order valence-electron chi connectivity index (χ2n) is 5.80. The quantitative estimate of drug-likeness (QED) is 0.592. The molecule has 2 heterocycles. The maximum absolute atomic E-state index is 5.91. The summed E-state index contributed by atoms with van der Waals surface area (Å²) in [6, 6.07) is 9.78. The van der Waals surface area contributed by atoms with E-state index in [1.165, 1.54) is 0 Å². The van der Waals surface area contributed by atoms with Gasteiger partial charge in [-0.15, -0.1) is 0 Å². The highest BCUT2D eigenvalue weighted by atomic mass is 16.5. The Morgan fingerprint density at radius 3 is 2.81 bits per heavy atom. The van der Waals surface area contributed by atoms with Crippen LogP contribution in [0.2, 0.25) is 0 Å². The first-order chi connectivity index (χ1) is 12.7. The maximum Gasteiger partial charge on any atom is 0.227 e. The molecule has 0 saturated carbocycles. The summed E-state index contributed by atoms with van der Waals surface area (Å²) in [5.74, 6) is 2.72. The number of benzene rings is 1. The van der Waals surface area contributed by atoms with Crippen molar-refractivity contribution in [2.45, 2.75) is 26.5 Å². The van der Waals surface area contributed by atoms with Gasteiger partial charge in [-0.2, -0.15) is 4.98 Å². The smallest absolute Gasteiger partial charge is 0.227 e. The Labute approximate surface area is 152 Å². The van der Waals surface area contributed by atoms with E-state index >= 15 is 0 Å². The van der Waals surface area contributed by atoms with Crippen LogP contribution in [-0.4, -0.2) is 28.8 Å². The first-order valence-corrected chi connectivity index (χ1v) is 8.43. The third-order valence-corrected chi connectivity index (χ3v) is 3.76. The highest BCUT2D eigenvalue weighted by molar-refractivity contribution is 5.43. The number of ether oxygens (including phenoxy) is 2. The van der Waals surface area contributed by atoms with Crippen molar-refractivity contribution in [3.8, 4) is 11.5 Å². The first-order valence-electron chi connectivity index (χ1n) is 8.43. The number of aryl methyl sites for hydroxylation is 1. The zero-order valence-electron chi connectivity index (χ0n) is 14.9. The Kier molecular flexibility index (Phi) is 6.16. The van der Waals surface area contributed by atoms with E-state index in [-0.39, 0.29) is 0 Å². The van der Waals surface area contributed by atoms with E-state index in [9.17, 15) is 0 Å². The van der Waals surface area contributed by atoms with Crippen LogP contribution in [0.25, 0.3) is 0 Å². The van der Waals surface area contributed by atoms with Crippen LogP contribution in [0, 0.1) is 6.92 Å². The molecule has 2 aromatic heterocycles. The van der Waals surface area contributed by atoms with Gasteiger partial charge in [0.2, 0.25) is 5.89 Å². The molecule has 0 amide bonds. The number of nitrogens with one attached hydrogen (secondary N) is 1. The normalized spacial score (nSPS) is 10.7. The predicted molar refractivity (Wildman–Crippen MR) is 96.0 cm³/mol. The van der Waals surface area contributed by atoms with Crippen LogP contribution in [0.15, 0.2) is 47.2 Å². The molecule has 3 rings (SSSR count). The van der Waals surface area contributed by atoms with Crippen LogP contribution in [-0.2, 0) is 19.6 Å². The molecule has 3 aromatic rings. The Bertz CT molecular complexity index is 821. The molecular formula is C19H22N4O3. The fourth-order valence-corrected chi connectivity index (χ4v) is 2.46. The second kappa shape index (κ2) is 8.96. The van der Waals surface area contributed by atoms with Crippen LogP contribution in [0.5, 0.6) is 11.5 Å². The van der Waals surface area contributed by atoms with Gasteiger partial charge < -0.3 is 19.3 Å². The second-order valence-corrected chi connectivity index (χ2v) is 5.80. The molecule has 136 valence electrons. The summed E-state index contributed by atoms with van der Waals surface area (Å²) in [7, 11) is 1.64. The van der Waals surface area contributed by atoms with E-state index in [4.69, 9.17) is 14.0 Å². The molecule has 0 atom stereocenters. The number of nitrogens with zero attached hydrogens (tertiary/aromatic N) is 3. The minimum atomic E-state index is 0.442. The standard InChI is InChI=1S/C19H22N4O3/c1-14-22-19(26-23-14)7-9-21-11-15-5-6-17(24-2)18(10-15)25-13-16-4-3-8-20-12-16/h3-6,8,10,12,21H,7,9,11,13H2,1-2H3. The maximum atomic E-state index is 5.91. The van der Waals surface area contributed by atoms with Crippen LogP contribution in [0.4, 0.5) is 0 Å². The van der Waals surface area contributed by atoms with E-state index < -0.39 is 0 Å². The molecule has 0 fully saturated rings. The van der Waals surface area contributed by atoms with Crippen LogP contribution in [0.1, 0.15) is 22.8 Å². The zero-order valence-corrected chi connectivity index (χ0v) is 14.9. The van der Waals surface area contributed by atoms with Crippen LogP contribution in [0.3, 0.4) is 0 Å². The molecule has 1 N–H and O–H groups in total. The fraction of sp³-hybridized carbons (Fsp3) is 0.316. The topological polar surface area (TPSA) is 82.3 Å². The van der Waals surface area contributed by atoms with E-state index in [1.807, 2.05) is 37.3 Å². The number of hydrogen-bond acceptors (Lipinski definition) is 7. The van der Waals surface area contributed by atoms with Gasteiger partial charge in [-0.25, -0.2) is 0 Å². The van der Waals surface area contributed by atoms with Gasteiger partial charge in [0.15, 0.2) is 17.3 Å². The lowest BCUT2D eigenvalue weighted by atomic mass is 10.2. The third kappa shape index (κ3) is 5.03. The van der Waals surface area contributed by atoms with Crippen LogP contribution < -0.4 is 14.8 Å². The zero-order chi connectivity index (χ0) is 18.2. The number of hydrogen-bond donors (Lipinski definition) is 1. The van der Waals surface area contributed by atoms with Crippen molar-refractivity contribution in [1.29, 1.82) is 0 Å². The summed E-state index contributed by atoms with van der Waals surface area (Å²) in [5, 5.41) is 7.14. The molecule has 1 aromatic carbocycles. The monoisotopic (exact) mass is 354 g/mol. The Morgan fingerprint density at radius 1 is 1.15 bits per heavy atom. The molecule has 7 nitrogen and oxygen atoms in total. The van der Waals surface area contributed by atoms with Gasteiger partial charge in [-0.05, 0) is 30.7 Å². The molecule has 0 aliphatic rings. The van der Waals surface area contributed by atoms with Gasteiger partial charge in [0, 0.05) is 37.5 Å². The largest absolute Gasteiger partial charge is 0.493 e. The molecule has 0 radical (unpaired) electrons. The molecule has 0 saturated heterocycles. The average molecular weight is 354 g/mol. The molecule has 26 heavy (non-hydrogen) atoms. The highest BCUT2D eigenvalue weighted by Crippen LogP contribution is 2.28. The van der Waals surface area contributed by atoms with E-state index in [0.29, 0.717) is 42.8 Å².